The molecule has 1 aromatic carbocycles. The number of nitrogens with two attached hydrogens (primary N) is 1. The largest absolute Gasteiger partial charge is 0.384 e. The van der Waals surface area contributed by atoms with Crippen LogP contribution in [0.25, 0.3) is 11.4 Å². The summed E-state index contributed by atoms with van der Waals surface area (Å²) in [7, 11) is -2.36. The molecule has 5 heteroatoms. The molecule has 0 bridgehead atoms. The summed E-state index contributed by atoms with van der Waals surface area (Å²) >= 11 is 0. The number of nitrogens with zero attached hydrogens (tertiary/aromatic N) is 2. The predicted octanol–water partition coefficient (Wildman–Crippen LogP) is 1.97. The Labute approximate surface area is 100 Å². The number of benzene rings is 1. The molecule has 0 aliphatic carbocycles. The van der Waals surface area contributed by atoms with Gasteiger partial charge in [0.05, 0.1) is 0 Å². The fourth-order valence-corrected chi connectivity index (χ4v) is 2.83. The van der Waals surface area contributed by atoms with Crippen molar-refractivity contribution in [3.63, 3.8) is 0 Å². The summed E-state index contributed by atoms with van der Waals surface area (Å²) in [5, 5.41) is 0.783. The fourth-order valence-electron chi connectivity index (χ4n) is 1.63. The van der Waals surface area contributed by atoms with Crippen LogP contribution in [-0.4, -0.2) is 23.3 Å². The maximum absolute atomic E-state index is 12.2. The topological polar surface area (TPSA) is 68.9 Å². The molecule has 0 fully saturated rings. The molecule has 0 atom stereocenters. The SMILES string of the molecule is CP(C)(=O)c1ccccc1-c1nccc(N)n1. The van der Waals surface area contributed by atoms with Gasteiger partial charge in [0.25, 0.3) is 0 Å². The smallest absolute Gasteiger partial charge is 0.162 e. The van der Waals surface area contributed by atoms with Crippen LogP contribution in [0.15, 0.2) is 36.5 Å². The van der Waals surface area contributed by atoms with Crippen molar-refractivity contribution in [2.45, 2.75) is 0 Å². The third kappa shape index (κ3) is 2.53. The molecule has 1 heterocycles. The summed E-state index contributed by atoms with van der Waals surface area (Å²) in [4.78, 5) is 8.33. The molecule has 2 aromatic rings. The molecule has 0 saturated carbocycles. The van der Waals surface area contributed by atoms with E-state index in [0.29, 0.717) is 11.6 Å². The summed E-state index contributed by atoms with van der Waals surface area (Å²) in [5.74, 6) is 0.927. The first kappa shape index (κ1) is 11.8. The number of anilines is 1. The number of nitrogen functional groups attached to an aromatic ring is 1. The molecule has 0 spiro atoms. The maximum atomic E-state index is 12.2. The number of aromatic nitrogens is 2. The van der Waals surface area contributed by atoms with Gasteiger partial charge in [-0.2, -0.15) is 0 Å². The summed E-state index contributed by atoms with van der Waals surface area (Å²) in [6.07, 6.45) is 1.60. The highest BCUT2D eigenvalue weighted by atomic mass is 31.2. The third-order valence-electron chi connectivity index (χ3n) is 2.40. The van der Waals surface area contributed by atoms with Crippen molar-refractivity contribution in [2.24, 2.45) is 0 Å². The quantitative estimate of drug-likeness (QED) is 0.824. The molecule has 1 aromatic heterocycles. The third-order valence-corrected chi connectivity index (χ3v) is 3.95. The first-order valence-electron chi connectivity index (χ1n) is 5.22. The maximum Gasteiger partial charge on any atom is 0.162 e. The van der Waals surface area contributed by atoms with Gasteiger partial charge in [0.2, 0.25) is 0 Å². The van der Waals surface area contributed by atoms with E-state index in [-0.39, 0.29) is 0 Å². The van der Waals surface area contributed by atoms with Gasteiger partial charge < -0.3 is 10.3 Å². The molecule has 0 radical (unpaired) electrons. The average molecular weight is 247 g/mol. The Morgan fingerprint density at radius 2 is 1.88 bits per heavy atom. The van der Waals surface area contributed by atoms with E-state index in [1.807, 2.05) is 24.3 Å². The van der Waals surface area contributed by atoms with Crippen LogP contribution < -0.4 is 11.0 Å². The Morgan fingerprint density at radius 1 is 1.18 bits per heavy atom. The standard InChI is InChI=1S/C12H14N3OP/c1-17(2,16)10-6-4-3-5-9(10)12-14-8-7-11(13)15-12/h3-8H,1-2H3,(H2,13,14,15). The molecule has 0 saturated heterocycles. The molecule has 0 amide bonds. The molecule has 88 valence electrons. The van der Waals surface area contributed by atoms with Gasteiger partial charge in [-0.1, -0.05) is 24.3 Å². The summed E-state index contributed by atoms with van der Waals surface area (Å²) in [6.45, 7) is 3.47. The molecular weight excluding hydrogens is 233 g/mol. The normalized spacial score (nSPS) is 11.4. The number of hydrogen-bond acceptors (Lipinski definition) is 4. The monoisotopic (exact) mass is 247 g/mol. The minimum absolute atomic E-state index is 0.409. The van der Waals surface area contributed by atoms with Crippen molar-refractivity contribution < 1.29 is 4.57 Å². The van der Waals surface area contributed by atoms with Gasteiger partial charge >= 0.3 is 0 Å². The summed E-state index contributed by atoms with van der Waals surface area (Å²) in [5.41, 5.74) is 6.42. The van der Waals surface area contributed by atoms with Gasteiger partial charge in [0.1, 0.15) is 13.0 Å². The number of hydrogen-bond donors (Lipinski definition) is 1. The van der Waals surface area contributed by atoms with Gasteiger partial charge in [-0.05, 0) is 19.4 Å². The Kier molecular flexibility index (Phi) is 2.99. The van der Waals surface area contributed by atoms with E-state index in [4.69, 9.17) is 5.73 Å². The lowest BCUT2D eigenvalue weighted by molar-refractivity contribution is 0.588. The lowest BCUT2D eigenvalue weighted by Crippen LogP contribution is -2.08. The second kappa shape index (κ2) is 4.30. The first-order valence-corrected chi connectivity index (χ1v) is 7.82. The van der Waals surface area contributed by atoms with Gasteiger partial charge in [0, 0.05) is 17.1 Å². The van der Waals surface area contributed by atoms with Crippen LogP contribution >= 0.6 is 7.14 Å². The van der Waals surface area contributed by atoms with Gasteiger partial charge in [-0.15, -0.1) is 0 Å². The lowest BCUT2D eigenvalue weighted by Gasteiger charge is -2.12. The first-order chi connectivity index (χ1) is 7.98. The molecule has 4 nitrogen and oxygen atoms in total. The van der Waals surface area contributed by atoms with Crippen molar-refractivity contribution in [2.75, 3.05) is 19.1 Å². The van der Waals surface area contributed by atoms with Crippen LogP contribution in [0.4, 0.5) is 5.82 Å². The van der Waals surface area contributed by atoms with Crippen molar-refractivity contribution >= 4 is 18.3 Å². The minimum atomic E-state index is -2.36. The zero-order valence-corrected chi connectivity index (χ0v) is 10.7. The molecule has 0 unspecified atom stereocenters. The van der Waals surface area contributed by atoms with E-state index < -0.39 is 7.14 Å². The lowest BCUT2D eigenvalue weighted by atomic mass is 10.2. The average Bonchev–Trinajstić information content (AvgIpc) is 2.28. The van der Waals surface area contributed by atoms with Crippen LogP contribution in [-0.2, 0) is 4.57 Å². The van der Waals surface area contributed by atoms with Crippen LogP contribution in [0.5, 0.6) is 0 Å². The van der Waals surface area contributed by atoms with Crippen LogP contribution in [0, 0.1) is 0 Å². The fraction of sp³-hybridized carbons (Fsp3) is 0.167. The molecular formula is C12H14N3OP. The zero-order valence-electron chi connectivity index (χ0n) is 9.79. The van der Waals surface area contributed by atoms with Gasteiger partial charge in [-0.3, -0.25) is 0 Å². The van der Waals surface area contributed by atoms with E-state index >= 15 is 0 Å². The van der Waals surface area contributed by atoms with E-state index in [1.54, 1.807) is 25.6 Å². The van der Waals surface area contributed by atoms with E-state index in [0.717, 1.165) is 10.9 Å². The van der Waals surface area contributed by atoms with E-state index in [9.17, 15) is 4.57 Å². The highest BCUT2D eigenvalue weighted by molar-refractivity contribution is 7.70. The predicted molar refractivity (Wildman–Crippen MR) is 71.0 cm³/mol. The van der Waals surface area contributed by atoms with Gasteiger partial charge in [0.15, 0.2) is 5.82 Å². The van der Waals surface area contributed by atoms with Crippen LogP contribution in [0.3, 0.4) is 0 Å². The van der Waals surface area contributed by atoms with Crippen molar-refractivity contribution in [3.05, 3.63) is 36.5 Å². The summed E-state index contributed by atoms with van der Waals surface area (Å²) in [6, 6.07) is 9.09. The second-order valence-electron chi connectivity index (χ2n) is 4.17. The zero-order chi connectivity index (χ0) is 12.5. The Hall–Kier alpha value is -1.67. The van der Waals surface area contributed by atoms with Crippen molar-refractivity contribution in [3.8, 4) is 11.4 Å². The van der Waals surface area contributed by atoms with Crippen molar-refractivity contribution in [1.82, 2.24) is 9.97 Å². The van der Waals surface area contributed by atoms with Crippen LogP contribution in [0.1, 0.15) is 0 Å². The molecule has 2 N–H and O–H groups in total. The Bertz CT molecular complexity index is 592. The molecule has 0 aliphatic rings. The van der Waals surface area contributed by atoms with Crippen LogP contribution in [0.2, 0.25) is 0 Å². The Balaban J connectivity index is 2.64. The number of rotatable bonds is 2. The van der Waals surface area contributed by atoms with E-state index in [2.05, 4.69) is 9.97 Å². The minimum Gasteiger partial charge on any atom is -0.384 e. The van der Waals surface area contributed by atoms with Gasteiger partial charge in [-0.25, -0.2) is 9.97 Å². The summed E-state index contributed by atoms with van der Waals surface area (Å²) < 4.78 is 12.2. The highest BCUT2D eigenvalue weighted by Gasteiger charge is 2.17. The molecule has 2 rings (SSSR count). The highest BCUT2D eigenvalue weighted by Crippen LogP contribution is 2.38. The Morgan fingerprint density at radius 3 is 2.53 bits per heavy atom. The van der Waals surface area contributed by atoms with E-state index in [1.165, 1.54) is 0 Å². The second-order valence-corrected chi connectivity index (χ2v) is 7.36. The van der Waals surface area contributed by atoms with Crippen molar-refractivity contribution in [1.29, 1.82) is 0 Å². The molecule has 0 aliphatic heterocycles. The molecule has 17 heavy (non-hydrogen) atoms.